The number of aromatic nitrogens is 4. The monoisotopic (exact) mass is 421 g/mol. The van der Waals surface area contributed by atoms with Gasteiger partial charge in [-0.3, -0.25) is 9.36 Å². The van der Waals surface area contributed by atoms with E-state index < -0.39 is 0 Å². The molecule has 6 nitrogen and oxygen atoms in total. The van der Waals surface area contributed by atoms with Crippen LogP contribution in [0.15, 0.2) is 29.1 Å². The highest BCUT2D eigenvalue weighted by atomic mass is 32.1. The molecule has 0 atom stereocenters. The van der Waals surface area contributed by atoms with Crippen molar-refractivity contribution in [1.82, 2.24) is 19.1 Å². The number of rotatable bonds is 5. The lowest BCUT2D eigenvalue weighted by atomic mass is 9.97. The van der Waals surface area contributed by atoms with Crippen LogP contribution in [0, 0.1) is 0 Å². The Kier molecular flexibility index (Phi) is 4.85. The highest BCUT2D eigenvalue weighted by Gasteiger charge is 2.23. The number of para-hydroxylation sites is 2. The van der Waals surface area contributed by atoms with E-state index >= 15 is 0 Å². The Morgan fingerprint density at radius 1 is 1.17 bits per heavy atom. The fourth-order valence-corrected chi connectivity index (χ4v) is 5.84. The van der Waals surface area contributed by atoms with Crippen molar-refractivity contribution in [3.63, 3.8) is 0 Å². The summed E-state index contributed by atoms with van der Waals surface area (Å²) in [6.07, 6.45) is 4.43. The van der Waals surface area contributed by atoms with Gasteiger partial charge in [-0.05, 0) is 64.2 Å². The van der Waals surface area contributed by atoms with E-state index in [-0.39, 0.29) is 11.6 Å². The molecule has 0 fully saturated rings. The zero-order valence-corrected chi connectivity index (χ0v) is 18.6. The minimum atomic E-state index is 0.0287. The molecular weight excluding hydrogens is 394 g/mol. The number of imidazole rings is 1. The summed E-state index contributed by atoms with van der Waals surface area (Å²) >= 11 is 1.70. The Labute approximate surface area is 179 Å². The minimum absolute atomic E-state index is 0.0287. The van der Waals surface area contributed by atoms with Crippen LogP contribution in [0.3, 0.4) is 0 Å². The van der Waals surface area contributed by atoms with Crippen LogP contribution in [0.5, 0.6) is 0 Å². The molecule has 0 saturated heterocycles. The lowest BCUT2D eigenvalue weighted by Crippen LogP contribution is -2.27. The predicted octanol–water partition coefficient (Wildman–Crippen LogP) is 4.90. The largest absolute Gasteiger partial charge is 0.348 e. The van der Waals surface area contributed by atoms with Gasteiger partial charge in [0.25, 0.3) is 5.56 Å². The van der Waals surface area contributed by atoms with Crippen LogP contribution >= 0.6 is 11.3 Å². The van der Waals surface area contributed by atoms with Crippen LogP contribution in [-0.2, 0) is 25.9 Å². The molecule has 0 radical (unpaired) electrons. The Morgan fingerprint density at radius 3 is 2.77 bits per heavy atom. The summed E-state index contributed by atoms with van der Waals surface area (Å²) in [5.41, 5.74) is 3.45. The number of hydrogen-bond donors (Lipinski definition) is 1. The molecule has 0 saturated carbocycles. The molecule has 4 aromatic rings. The summed E-state index contributed by atoms with van der Waals surface area (Å²) in [7, 11) is 0. The van der Waals surface area contributed by atoms with Crippen LogP contribution < -0.4 is 10.9 Å². The van der Waals surface area contributed by atoms with Crippen LogP contribution in [-0.4, -0.2) is 19.1 Å². The molecule has 0 spiro atoms. The van der Waals surface area contributed by atoms with Gasteiger partial charge in [0.15, 0.2) is 0 Å². The Morgan fingerprint density at radius 2 is 1.97 bits per heavy atom. The third-order valence-corrected chi connectivity index (χ3v) is 7.18. The number of nitrogens with one attached hydrogen (secondary N) is 1. The predicted molar refractivity (Wildman–Crippen MR) is 124 cm³/mol. The lowest BCUT2D eigenvalue weighted by Gasteiger charge is -2.17. The topological polar surface area (TPSA) is 64.7 Å². The van der Waals surface area contributed by atoms with Crippen molar-refractivity contribution in [2.45, 2.75) is 65.6 Å². The molecule has 1 N–H and O–H groups in total. The van der Waals surface area contributed by atoms with E-state index in [0.29, 0.717) is 12.5 Å². The average Bonchev–Trinajstić information content (AvgIpc) is 3.29. The second-order valence-electron chi connectivity index (χ2n) is 8.21. The van der Waals surface area contributed by atoms with Crippen molar-refractivity contribution in [3.8, 4) is 0 Å². The van der Waals surface area contributed by atoms with Crippen molar-refractivity contribution in [1.29, 1.82) is 0 Å². The molecule has 0 unspecified atom stereocenters. The maximum atomic E-state index is 13.5. The molecule has 0 amide bonds. The average molecular weight is 422 g/mol. The molecule has 156 valence electrons. The van der Waals surface area contributed by atoms with E-state index in [4.69, 9.17) is 9.97 Å². The summed E-state index contributed by atoms with van der Waals surface area (Å²) in [5.74, 6) is 1.59. The summed E-state index contributed by atoms with van der Waals surface area (Å²) in [6, 6.07) is 8.21. The zero-order valence-electron chi connectivity index (χ0n) is 17.7. The molecule has 7 heteroatoms. The number of benzene rings is 1. The summed E-state index contributed by atoms with van der Waals surface area (Å²) in [5, 5.41) is 4.28. The number of nitrogens with zero attached hydrogens (tertiary/aromatic N) is 4. The van der Waals surface area contributed by atoms with Gasteiger partial charge in [-0.2, -0.15) is 0 Å². The van der Waals surface area contributed by atoms with Crippen molar-refractivity contribution >= 4 is 38.5 Å². The Bertz CT molecular complexity index is 1300. The molecular formula is C23H27N5OS. The smallest absolute Gasteiger partial charge is 0.264 e. The van der Waals surface area contributed by atoms with Gasteiger partial charge >= 0.3 is 0 Å². The number of hydrogen-bond acceptors (Lipinski definition) is 5. The molecule has 0 aliphatic heterocycles. The normalized spacial score (nSPS) is 14.0. The third-order valence-electron chi connectivity index (χ3n) is 5.99. The lowest BCUT2D eigenvalue weighted by molar-refractivity contribution is 0.577. The quantitative estimate of drug-likeness (QED) is 0.498. The van der Waals surface area contributed by atoms with Gasteiger partial charge in [0.2, 0.25) is 5.95 Å². The molecule has 3 heterocycles. The maximum Gasteiger partial charge on any atom is 0.264 e. The number of thiophene rings is 1. The van der Waals surface area contributed by atoms with E-state index in [9.17, 15) is 4.79 Å². The number of fused-ring (bicyclic) bond motifs is 4. The first kappa shape index (κ1) is 19.3. The van der Waals surface area contributed by atoms with Gasteiger partial charge in [0.1, 0.15) is 10.7 Å². The van der Waals surface area contributed by atoms with Crippen LogP contribution in [0.25, 0.3) is 21.3 Å². The molecule has 1 aliphatic carbocycles. The second kappa shape index (κ2) is 7.54. The fraction of sp³-hybridized carbons (Fsp3) is 0.435. The highest BCUT2D eigenvalue weighted by Crippen LogP contribution is 2.34. The SMILES string of the molecule is CCn1c(CNc2nc3sc4c(c3c(=O)n2C(C)C)CCCC4)nc2ccccc21. The number of aryl methyl sites for hydroxylation is 3. The summed E-state index contributed by atoms with van der Waals surface area (Å²) in [6.45, 7) is 7.58. The van der Waals surface area contributed by atoms with Gasteiger partial charge in [-0.25, -0.2) is 9.97 Å². The van der Waals surface area contributed by atoms with Crippen molar-refractivity contribution in [3.05, 3.63) is 50.9 Å². The molecule has 1 aliphatic rings. The summed E-state index contributed by atoms with van der Waals surface area (Å²) < 4.78 is 4.02. The van der Waals surface area contributed by atoms with Crippen molar-refractivity contribution in [2.24, 2.45) is 0 Å². The maximum absolute atomic E-state index is 13.5. The molecule has 1 aromatic carbocycles. The molecule has 5 rings (SSSR count). The van der Waals surface area contributed by atoms with Crippen LogP contribution in [0.4, 0.5) is 5.95 Å². The highest BCUT2D eigenvalue weighted by molar-refractivity contribution is 7.18. The molecule has 3 aromatic heterocycles. The Hall–Kier alpha value is -2.67. The van der Waals surface area contributed by atoms with E-state index in [2.05, 4.69) is 22.9 Å². The first-order chi connectivity index (χ1) is 14.6. The van der Waals surface area contributed by atoms with Gasteiger partial charge < -0.3 is 9.88 Å². The fourth-order valence-electron chi connectivity index (χ4n) is 4.59. The van der Waals surface area contributed by atoms with Gasteiger partial charge in [0.05, 0.1) is 23.0 Å². The third kappa shape index (κ3) is 3.03. The summed E-state index contributed by atoms with van der Waals surface area (Å²) in [4.78, 5) is 25.4. The van der Waals surface area contributed by atoms with Gasteiger partial charge in [0, 0.05) is 17.5 Å². The van der Waals surface area contributed by atoms with Crippen molar-refractivity contribution < 1.29 is 0 Å². The molecule has 0 bridgehead atoms. The van der Waals surface area contributed by atoms with E-state index in [1.54, 1.807) is 11.3 Å². The first-order valence-corrected chi connectivity index (χ1v) is 11.6. The van der Waals surface area contributed by atoms with E-state index in [1.165, 1.54) is 16.9 Å². The second-order valence-corrected chi connectivity index (χ2v) is 9.29. The molecule has 30 heavy (non-hydrogen) atoms. The Balaban J connectivity index is 1.58. The van der Waals surface area contributed by atoms with Crippen LogP contribution in [0.2, 0.25) is 0 Å². The standard InChI is InChI=1S/C23H27N5OS/c1-4-27-17-11-7-6-10-16(17)25-19(27)13-24-23-26-21-20(22(29)28(23)14(2)3)15-9-5-8-12-18(15)30-21/h6-7,10-11,14H,4-5,8-9,12-13H2,1-3H3,(H,24,26). The van der Waals surface area contributed by atoms with E-state index in [1.807, 2.05) is 36.6 Å². The van der Waals surface area contributed by atoms with Crippen molar-refractivity contribution in [2.75, 3.05) is 5.32 Å². The van der Waals surface area contributed by atoms with E-state index in [0.717, 1.165) is 52.9 Å². The zero-order chi connectivity index (χ0) is 20.8. The first-order valence-electron chi connectivity index (χ1n) is 10.8. The van der Waals surface area contributed by atoms with Gasteiger partial charge in [-0.15, -0.1) is 11.3 Å². The van der Waals surface area contributed by atoms with Crippen LogP contribution in [0.1, 0.15) is 55.9 Å². The van der Waals surface area contributed by atoms with Gasteiger partial charge in [-0.1, -0.05) is 12.1 Å². The number of anilines is 1. The minimum Gasteiger partial charge on any atom is -0.348 e.